The van der Waals surface area contributed by atoms with Gasteiger partial charge in [-0.15, -0.1) is 0 Å². The van der Waals surface area contributed by atoms with Crippen molar-refractivity contribution in [3.05, 3.63) is 23.9 Å². The summed E-state index contributed by atoms with van der Waals surface area (Å²) < 4.78 is 5.87. The van der Waals surface area contributed by atoms with Crippen LogP contribution < -0.4 is 10.5 Å². The summed E-state index contributed by atoms with van der Waals surface area (Å²) >= 11 is 0. The lowest BCUT2D eigenvalue weighted by Gasteiger charge is -2.55. The standard InChI is InChI=1S/C22H28N4O3/c1-20(2)16(14-29-17-4-3-15(11-23)12-25-17)13-26(19(20)28)22-8-5-21(6-9-22,7-10-22)18(24)27/h3-4,12,16H,5-10,13-14H2,1-2H3,(H2,24,27). The largest absolute Gasteiger partial charge is 0.477 e. The van der Waals surface area contributed by atoms with Gasteiger partial charge in [0.15, 0.2) is 0 Å². The summed E-state index contributed by atoms with van der Waals surface area (Å²) in [7, 11) is 0. The predicted molar refractivity (Wildman–Crippen MR) is 105 cm³/mol. The third kappa shape index (κ3) is 3.06. The summed E-state index contributed by atoms with van der Waals surface area (Å²) in [6.07, 6.45) is 6.38. The highest BCUT2D eigenvalue weighted by Crippen LogP contribution is 2.56. The second-order valence-electron chi connectivity index (χ2n) is 9.51. The Morgan fingerprint density at radius 1 is 1.28 bits per heavy atom. The fourth-order valence-corrected chi connectivity index (χ4v) is 5.38. The number of rotatable bonds is 5. The third-order valence-corrected chi connectivity index (χ3v) is 7.82. The maximum absolute atomic E-state index is 13.4. The molecule has 2 amide bonds. The van der Waals surface area contributed by atoms with E-state index < -0.39 is 5.41 Å². The first kappa shape index (κ1) is 19.7. The van der Waals surface area contributed by atoms with Gasteiger partial charge in [0.2, 0.25) is 17.7 Å². The molecule has 1 atom stereocenters. The van der Waals surface area contributed by atoms with Crippen LogP contribution in [0.4, 0.5) is 0 Å². The molecule has 0 aromatic carbocycles. The topological polar surface area (TPSA) is 109 Å². The molecule has 2 N–H and O–H groups in total. The van der Waals surface area contributed by atoms with Crippen molar-refractivity contribution < 1.29 is 14.3 Å². The van der Waals surface area contributed by atoms with E-state index in [1.165, 1.54) is 6.20 Å². The molecule has 5 rings (SSSR count). The number of fused-ring (bicyclic) bond motifs is 3. The molecule has 7 nitrogen and oxygen atoms in total. The summed E-state index contributed by atoms with van der Waals surface area (Å²) in [6, 6.07) is 5.40. The predicted octanol–water partition coefficient (Wildman–Crippen LogP) is 2.39. The normalized spacial score (nSPS) is 32.8. The van der Waals surface area contributed by atoms with Gasteiger partial charge < -0.3 is 15.4 Å². The molecule has 3 aliphatic carbocycles. The minimum absolute atomic E-state index is 0.0477. The summed E-state index contributed by atoms with van der Waals surface area (Å²) in [5.41, 5.74) is 5.15. The lowest BCUT2D eigenvalue weighted by molar-refractivity contribution is -0.150. The van der Waals surface area contributed by atoms with Crippen molar-refractivity contribution in [1.82, 2.24) is 9.88 Å². The molecule has 4 fully saturated rings. The number of nitrogens with zero attached hydrogens (tertiary/aromatic N) is 3. The number of carbonyl (C=O) groups is 2. The molecule has 154 valence electrons. The van der Waals surface area contributed by atoms with E-state index in [1.54, 1.807) is 12.1 Å². The van der Waals surface area contributed by atoms with Crippen LogP contribution in [0.3, 0.4) is 0 Å². The van der Waals surface area contributed by atoms with Crippen LogP contribution >= 0.6 is 0 Å². The Labute approximate surface area is 171 Å². The maximum Gasteiger partial charge on any atom is 0.229 e. The van der Waals surface area contributed by atoms with Crippen molar-refractivity contribution in [3.63, 3.8) is 0 Å². The fourth-order valence-electron chi connectivity index (χ4n) is 5.38. The number of hydrogen-bond donors (Lipinski definition) is 1. The Bertz CT molecular complexity index is 847. The van der Waals surface area contributed by atoms with Crippen molar-refractivity contribution in [2.24, 2.45) is 22.5 Å². The maximum atomic E-state index is 13.4. The van der Waals surface area contributed by atoms with Crippen LogP contribution in [0, 0.1) is 28.1 Å². The van der Waals surface area contributed by atoms with Gasteiger partial charge in [0.25, 0.3) is 0 Å². The molecule has 7 heteroatoms. The number of likely N-dealkylation sites (tertiary alicyclic amines) is 1. The zero-order valence-corrected chi connectivity index (χ0v) is 17.1. The average Bonchev–Trinajstić information content (AvgIpc) is 2.97. The molecular formula is C22H28N4O3. The fraction of sp³-hybridized carbons (Fsp3) is 0.636. The third-order valence-electron chi connectivity index (χ3n) is 7.82. The zero-order valence-electron chi connectivity index (χ0n) is 17.1. The summed E-state index contributed by atoms with van der Waals surface area (Å²) in [5, 5.41) is 8.88. The van der Waals surface area contributed by atoms with Gasteiger partial charge in [-0.2, -0.15) is 5.26 Å². The van der Waals surface area contributed by atoms with Gasteiger partial charge in [-0.25, -0.2) is 4.98 Å². The first-order valence-electron chi connectivity index (χ1n) is 10.3. The van der Waals surface area contributed by atoms with Gasteiger partial charge in [-0.05, 0) is 44.6 Å². The van der Waals surface area contributed by atoms with E-state index in [1.807, 2.05) is 19.9 Å². The summed E-state index contributed by atoms with van der Waals surface area (Å²) in [4.78, 5) is 31.5. The zero-order chi connectivity index (χ0) is 20.9. The van der Waals surface area contributed by atoms with E-state index in [2.05, 4.69) is 9.88 Å². The summed E-state index contributed by atoms with van der Waals surface area (Å²) in [5.74, 6) is 0.504. The Morgan fingerprint density at radius 2 is 1.93 bits per heavy atom. The number of hydrogen-bond acceptors (Lipinski definition) is 5. The number of nitriles is 1. The van der Waals surface area contributed by atoms with Crippen molar-refractivity contribution >= 4 is 11.8 Å². The van der Waals surface area contributed by atoms with Crippen LogP contribution in [-0.2, 0) is 9.59 Å². The monoisotopic (exact) mass is 396 g/mol. The van der Waals surface area contributed by atoms with Crippen LogP contribution in [0.1, 0.15) is 57.9 Å². The Hall–Kier alpha value is -2.62. The SMILES string of the molecule is CC1(C)C(=O)N(C23CCC(C(N)=O)(CC2)CC3)CC1COc1ccc(C#N)cn1. The van der Waals surface area contributed by atoms with Crippen LogP contribution in [0.5, 0.6) is 5.88 Å². The van der Waals surface area contributed by atoms with Gasteiger partial charge in [0.05, 0.1) is 17.6 Å². The molecule has 1 aliphatic heterocycles. The molecule has 1 unspecified atom stereocenters. The molecule has 0 radical (unpaired) electrons. The van der Waals surface area contributed by atoms with Gasteiger partial charge in [-0.1, -0.05) is 13.8 Å². The Balaban J connectivity index is 1.46. The molecule has 4 aliphatic rings. The number of pyridine rings is 1. The molecule has 3 saturated carbocycles. The van der Waals surface area contributed by atoms with E-state index >= 15 is 0 Å². The molecule has 2 heterocycles. The van der Waals surface area contributed by atoms with E-state index in [4.69, 9.17) is 15.7 Å². The van der Waals surface area contributed by atoms with Crippen molar-refractivity contribution in [2.75, 3.05) is 13.2 Å². The van der Waals surface area contributed by atoms with Crippen LogP contribution in [0.25, 0.3) is 0 Å². The second kappa shape index (κ2) is 6.72. The number of aromatic nitrogens is 1. The molecule has 1 aromatic heterocycles. The van der Waals surface area contributed by atoms with E-state index in [-0.39, 0.29) is 28.7 Å². The lowest BCUT2D eigenvalue weighted by Crippen LogP contribution is -2.60. The molecule has 1 saturated heterocycles. The van der Waals surface area contributed by atoms with Gasteiger partial charge in [0.1, 0.15) is 6.07 Å². The first-order chi connectivity index (χ1) is 13.7. The average molecular weight is 396 g/mol. The highest BCUT2D eigenvalue weighted by atomic mass is 16.5. The van der Waals surface area contributed by atoms with Crippen molar-refractivity contribution in [3.8, 4) is 11.9 Å². The smallest absolute Gasteiger partial charge is 0.229 e. The van der Waals surface area contributed by atoms with Crippen LogP contribution in [0.15, 0.2) is 18.3 Å². The van der Waals surface area contributed by atoms with E-state index in [0.717, 1.165) is 38.5 Å². The Kier molecular flexibility index (Phi) is 4.56. The van der Waals surface area contributed by atoms with Gasteiger partial charge in [0, 0.05) is 35.7 Å². The Morgan fingerprint density at radius 3 is 2.45 bits per heavy atom. The molecular weight excluding hydrogens is 368 g/mol. The highest BCUT2D eigenvalue weighted by molar-refractivity contribution is 5.86. The highest BCUT2D eigenvalue weighted by Gasteiger charge is 2.59. The van der Waals surface area contributed by atoms with Crippen molar-refractivity contribution in [1.29, 1.82) is 5.26 Å². The second-order valence-corrected chi connectivity index (χ2v) is 9.51. The summed E-state index contributed by atoms with van der Waals surface area (Å²) in [6.45, 7) is 5.04. The number of ether oxygens (including phenoxy) is 1. The number of carbonyl (C=O) groups excluding carboxylic acids is 2. The molecule has 2 bridgehead atoms. The number of primary amides is 1. The van der Waals surface area contributed by atoms with Gasteiger partial charge >= 0.3 is 0 Å². The van der Waals surface area contributed by atoms with E-state index in [0.29, 0.717) is 24.6 Å². The molecule has 1 aromatic rings. The number of nitrogens with two attached hydrogens (primary N) is 1. The quantitative estimate of drug-likeness (QED) is 0.822. The van der Waals surface area contributed by atoms with Crippen molar-refractivity contribution in [2.45, 2.75) is 57.9 Å². The van der Waals surface area contributed by atoms with E-state index in [9.17, 15) is 9.59 Å². The first-order valence-corrected chi connectivity index (χ1v) is 10.3. The minimum atomic E-state index is -0.517. The van der Waals surface area contributed by atoms with Crippen LogP contribution in [-0.4, -0.2) is 40.4 Å². The molecule has 0 spiro atoms. The lowest BCUT2D eigenvalue weighted by atomic mass is 9.56. The molecule has 29 heavy (non-hydrogen) atoms. The van der Waals surface area contributed by atoms with Gasteiger partial charge in [-0.3, -0.25) is 9.59 Å². The van der Waals surface area contributed by atoms with Crippen LogP contribution in [0.2, 0.25) is 0 Å². The minimum Gasteiger partial charge on any atom is -0.477 e. The number of amides is 2.